The highest BCUT2D eigenvalue weighted by Gasteiger charge is 2.39. The molecule has 19 heavy (non-hydrogen) atoms. The van der Waals surface area contributed by atoms with Crippen LogP contribution in [0.5, 0.6) is 0 Å². The van der Waals surface area contributed by atoms with E-state index in [1.807, 2.05) is 18.7 Å². The lowest BCUT2D eigenvalue weighted by Crippen LogP contribution is -2.47. The highest BCUT2D eigenvalue weighted by molar-refractivity contribution is 7.98. The van der Waals surface area contributed by atoms with E-state index in [1.54, 1.807) is 0 Å². The van der Waals surface area contributed by atoms with Crippen LogP contribution in [0.1, 0.15) is 30.5 Å². The Morgan fingerprint density at radius 3 is 3.11 bits per heavy atom. The van der Waals surface area contributed by atoms with Crippen molar-refractivity contribution in [1.82, 2.24) is 5.32 Å². The number of ether oxygens (including phenoxy) is 1. The molecule has 0 aliphatic carbocycles. The molecule has 0 saturated carbocycles. The highest BCUT2D eigenvalue weighted by Crippen LogP contribution is 2.32. The summed E-state index contributed by atoms with van der Waals surface area (Å²) in [5, 5.41) is 14.1. The van der Waals surface area contributed by atoms with Gasteiger partial charge >= 0.3 is 0 Å². The normalized spacial score (nSPS) is 34.2. The van der Waals surface area contributed by atoms with Crippen molar-refractivity contribution >= 4 is 11.8 Å². The minimum absolute atomic E-state index is 0.0773. The lowest BCUT2D eigenvalue weighted by Gasteiger charge is -2.31. The third-order valence-corrected chi connectivity index (χ3v) is 5.37. The summed E-state index contributed by atoms with van der Waals surface area (Å²) < 4.78 is 5.48. The van der Waals surface area contributed by atoms with Gasteiger partial charge in [0.25, 0.3) is 0 Å². The molecule has 0 bridgehead atoms. The zero-order chi connectivity index (χ0) is 13.3. The first-order valence-corrected chi connectivity index (χ1v) is 8.07. The number of benzene rings is 1. The highest BCUT2D eigenvalue weighted by atomic mass is 32.2. The first kappa shape index (κ1) is 13.4. The van der Waals surface area contributed by atoms with Crippen LogP contribution < -0.4 is 5.32 Å². The van der Waals surface area contributed by atoms with Crippen LogP contribution in [0, 0.1) is 0 Å². The van der Waals surface area contributed by atoms with Gasteiger partial charge in [-0.3, -0.25) is 0 Å². The van der Waals surface area contributed by atoms with Crippen molar-refractivity contribution in [2.45, 2.75) is 36.8 Å². The smallest absolute Gasteiger partial charge is 0.105 e. The Balaban J connectivity index is 1.68. The number of rotatable bonds is 3. The zero-order valence-corrected chi connectivity index (χ0v) is 12.1. The zero-order valence-electron chi connectivity index (χ0n) is 11.3. The molecule has 3 nitrogen and oxygen atoms in total. The second-order valence-electron chi connectivity index (χ2n) is 5.51. The van der Waals surface area contributed by atoms with E-state index in [2.05, 4.69) is 29.6 Å². The molecule has 2 heterocycles. The Morgan fingerprint density at radius 1 is 1.47 bits per heavy atom. The van der Waals surface area contributed by atoms with E-state index in [4.69, 9.17) is 4.74 Å². The second kappa shape index (κ2) is 5.44. The molecule has 3 atom stereocenters. The van der Waals surface area contributed by atoms with Crippen LogP contribution in [0.15, 0.2) is 24.3 Å². The number of thioether (sulfide) groups is 1. The third-order valence-electron chi connectivity index (χ3n) is 4.29. The first-order valence-electron chi connectivity index (χ1n) is 6.92. The molecule has 2 aliphatic heterocycles. The van der Waals surface area contributed by atoms with Crippen LogP contribution in [0.25, 0.3) is 0 Å². The number of aliphatic hydroxyl groups is 1. The van der Waals surface area contributed by atoms with E-state index in [9.17, 15) is 5.11 Å². The predicted octanol–water partition coefficient (Wildman–Crippen LogP) is 2.10. The Bertz CT molecular complexity index is 454. The van der Waals surface area contributed by atoms with Crippen LogP contribution in [-0.2, 0) is 10.5 Å². The maximum atomic E-state index is 10.5. The Hall–Kier alpha value is -0.550. The van der Waals surface area contributed by atoms with Crippen molar-refractivity contribution in [2.75, 3.05) is 18.9 Å². The van der Waals surface area contributed by atoms with Gasteiger partial charge in [0.15, 0.2) is 0 Å². The molecule has 3 rings (SSSR count). The number of hydrogen-bond acceptors (Lipinski definition) is 4. The van der Waals surface area contributed by atoms with Crippen molar-refractivity contribution in [1.29, 1.82) is 0 Å². The number of nitrogens with one attached hydrogen (secondary N) is 1. The molecular formula is C15H21NO2S. The number of hydrogen-bond donors (Lipinski definition) is 2. The van der Waals surface area contributed by atoms with E-state index in [1.165, 1.54) is 11.1 Å². The van der Waals surface area contributed by atoms with Crippen LogP contribution in [0.3, 0.4) is 0 Å². The summed E-state index contributed by atoms with van der Waals surface area (Å²) in [7, 11) is 0. The van der Waals surface area contributed by atoms with Crippen LogP contribution in [0.2, 0.25) is 0 Å². The van der Waals surface area contributed by atoms with Crippen molar-refractivity contribution < 1.29 is 9.84 Å². The van der Waals surface area contributed by atoms with Gasteiger partial charge in [-0.05, 0) is 18.1 Å². The molecule has 0 amide bonds. The van der Waals surface area contributed by atoms with Gasteiger partial charge in [-0.25, -0.2) is 0 Å². The molecule has 1 aromatic carbocycles. The Morgan fingerprint density at radius 2 is 2.32 bits per heavy atom. The average Bonchev–Trinajstić information content (AvgIpc) is 2.77. The van der Waals surface area contributed by atoms with E-state index >= 15 is 0 Å². The molecule has 0 spiro atoms. The lowest BCUT2D eigenvalue weighted by atomic mass is 9.95. The third kappa shape index (κ3) is 2.68. The fraction of sp³-hybridized carbons (Fsp3) is 0.600. The molecule has 2 aliphatic rings. The number of fused-ring (bicyclic) bond motifs is 1. The molecule has 104 valence electrons. The van der Waals surface area contributed by atoms with E-state index in [-0.39, 0.29) is 6.10 Å². The van der Waals surface area contributed by atoms with Crippen LogP contribution in [0.4, 0.5) is 0 Å². The second-order valence-corrected chi connectivity index (χ2v) is 6.54. The monoisotopic (exact) mass is 279 g/mol. The molecule has 0 radical (unpaired) electrons. The van der Waals surface area contributed by atoms with Gasteiger partial charge < -0.3 is 15.2 Å². The Kier molecular flexibility index (Phi) is 3.85. The van der Waals surface area contributed by atoms with Gasteiger partial charge in [0, 0.05) is 37.1 Å². The van der Waals surface area contributed by atoms with E-state index in [0.29, 0.717) is 19.2 Å². The maximum absolute atomic E-state index is 10.5. The minimum Gasteiger partial charge on any atom is -0.386 e. The van der Waals surface area contributed by atoms with Crippen LogP contribution >= 0.6 is 11.8 Å². The Labute approximate surface area is 118 Å². The van der Waals surface area contributed by atoms with Crippen LogP contribution in [-0.4, -0.2) is 35.7 Å². The molecule has 3 unspecified atom stereocenters. The standard InChI is InChI=1S/C15H21NO2S/c1-11-15(17,6-7-18-11)10-16-14-9-19-8-12-4-2-3-5-13(12)14/h2-5,11,14,16-17H,6-10H2,1H3. The lowest BCUT2D eigenvalue weighted by molar-refractivity contribution is -0.0273. The van der Waals surface area contributed by atoms with E-state index in [0.717, 1.165) is 17.9 Å². The van der Waals surface area contributed by atoms with Crippen molar-refractivity contribution in [3.63, 3.8) is 0 Å². The quantitative estimate of drug-likeness (QED) is 0.889. The van der Waals surface area contributed by atoms with Crippen molar-refractivity contribution in [2.24, 2.45) is 0 Å². The van der Waals surface area contributed by atoms with Gasteiger partial charge in [-0.1, -0.05) is 24.3 Å². The molecule has 4 heteroatoms. The summed E-state index contributed by atoms with van der Waals surface area (Å²) in [4.78, 5) is 0. The summed E-state index contributed by atoms with van der Waals surface area (Å²) in [6.45, 7) is 3.22. The minimum atomic E-state index is -0.711. The topological polar surface area (TPSA) is 41.5 Å². The molecule has 0 aromatic heterocycles. The van der Waals surface area contributed by atoms with Gasteiger partial charge in [0.1, 0.15) is 5.60 Å². The molecule has 1 fully saturated rings. The summed E-state index contributed by atoms with van der Waals surface area (Å²) in [6, 6.07) is 8.94. The summed E-state index contributed by atoms with van der Waals surface area (Å²) >= 11 is 1.95. The summed E-state index contributed by atoms with van der Waals surface area (Å²) in [5.41, 5.74) is 2.09. The largest absolute Gasteiger partial charge is 0.386 e. The summed E-state index contributed by atoms with van der Waals surface area (Å²) in [5.74, 6) is 2.17. The maximum Gasteiger partial charge on any atom is 0.105 e. The molecule has 2 N–H and O–H groups in total. The van der Waals surface area contributed by atoms with E-state index < -0.39 is 5.60 Å². The SMILES string of the molecule is CC1OCCC1(O)CNC1CSCc2ccccc21. The van der Waals surface area contributed by atoms with Gasteiger partial charge in [0.2, 0.25) is 0 Å². The predicted molar refractivity (Wildman–Crippen MR) is 78.3 cm³/mol. The van der Waals surface area contributed by atoms with Crippen molar-refractivity contribution in [3.05, 3.63) is 35.4 Å². The summed E-state index contributed by atoms with van der Waals surface area (Å²) in [6.07, 6.45) is 0.648. The first-order chi connectivity index (χ1) is 9.19. The fourth-order valence-corrected chi connectivity index (χ4v) is 3.99. The molecule has 1 saturated heterocycles. The van der Waals surface area contributed by atoms with Gasteiger partial charge in [0.05, 0.1) is 6.10 Å². The van der Waals surface area contributed by atoms with Gasteiger partial charge in [-0.15, -0.1) is 0 Å². The molecular weight excluding hydrogens is 258 g/mol. The van der Waals surface area contributed by atoms with Gasteiger partial charge in [-0.2, -0.15) is 11.8 Å². The molecule has 1 aromatic rings. The van der Waals surface area contributed by atoms with Crippen molar-refractivity contribution in [3.8, 4) is 0 Å². The fourth-order valence-electron chi connectivity index (χ4n) is 2.85. The average molecular weight is 279 g/mol.